The Labute approximate surface area is 48.6 Å². The Balaban J connectivity index is 3.80. The highest BCUT2D eigenvalue weighted by Gasteiger charge is 1.92. The van der Waals surface area contributed by atoms with Gasteiger partial charge in [-0.05, 0) is 6.92 Å². The van der Waals surface area contributed by atoms with Crippen molar-refractivity contribution < 1.29 is 4.79 Å². The summed E-state index contributed by atoms with van der Waals surface area (Å²) in [5.41, 5.74) is 5.41. The van der Waals surface area contributed by atoms with Crippen LogP contribution in [0.3, 0.4) is 0 Å². The molecule has 0 aromatic carbocycles. The molecule has 0 aliphatic rings. The number of rotatable bonds is 2. The van der Waals surface area contributed by atoms with Crippen molar-refractivity contribution in [2.24, 2.45) is 5.73 Å². The molecule has 46 valence electrons. The summed E-state index contributed by atoms with van der Waals surface area (Å²) in [6, 6.07) is 0. The maximum absolute atomic E-state index is 10.2. The van der Waals surface area contributed by atoms with Crippen LogP contribution < -0.4 is 11.1 Å². The maximum atomic E-state index is 10.2. The van der Waals surface area contributed by atoms with Gasteiger partial charge in [-0.3, -0.25) is 4.79 Å². The second kappa shape index (κ2) is 3.07. The number of carbonyl (C=O) groups is 1. The molecule has 0 atom stereocenters. The molecule has 0 aromatic rings. The van der Waals surface area contributed by atoms with Crippen molar-refractivity contribution in [3.05, 3.63) is 11.8 Å². The van der Waals surface area contributed by atoms with Crippen LogP contribution in [0.25, 0.3) is 0 Å². The lowest BCUT2D eigenvalue weighted by Gasteiger charge is -1.90. The van der Waals surface area contributed by atoms with Crippen molar-refractivity contribution in [2.45, 2.75) is 6.92 Å². The van der Waals surface area contributed by atoms with E-state index >= 15 is 0 Å². The summed E-state index contributed by atoms with van der Waals surface area (Å²) in [6.45, 7) is 1.65. The number of nitrogens with two attached hydrogens (primary N) is 1. The molecule has 0 aromatic heterocycles. The molecule has 0 heterocycles. The van der Waals surface area contributed by atoms with Gasteiger partial charge in [-0.2, -0.15) is 0 Å². The Hall–Kier alpha value is -0.990. The lowest BCUT2D eigenvalue weighted by atomic mass is 10.3. The quantitative estimate of drug-likeness (QED) is 0.480. The summed E-state index contributed by atoms with van der Waals surface area (Å²) in [7, 11) is 1.71. The van der Waals surface area contributed by atoms with Gasteiger partial charge in [-0.15, -0.1) is 0 Å². The van der Waals surface area contributed by atoms with E-state index in [4.69, 9.17) is 5.73 Å². The highest BCUT2D eigenvalue weighted by molar-refractivity contribution is 5.91. The van der Waals surface area contributed by atoms with Crippen LogP contribution in [0.15, 0.2) is 11.8 Å². The molecule has 8 heavy (non-hydrogen) atoms. The van der Waals surface area contributed by atoms with E-state index in [0.717, 1.165) is 0 Å². The minimum absolute atomic E-state index is 0.389. The van der Waals surface area contributed by atoms with E-state index in [9.17, 15) is 4.79 Å². The number of hydrogen-bond acceptors (Lipinski definition) is 2. The van der Waals surface area contributed by atoms with Gasteiger partial charge in [0.05, 0.1) is 0 Å². The number of carbonyl (C=O) groups excluding carboxylic acids is 1. The van der Waals surface area contributed by atoms with E-state index in [1.54, 1.807) is 20.2 Å². The van der Waals surface area contributed by atoms with Crippen LogP contribution in [0.5, 0.6) is 0 Å². The average Bonchev–Trinajstić information content (AvgIpc) is 1.67. The summed E-state index contributed by atoms with van der Waals surface area (Å²) in [5.74, 6) is -0.389. The zero-order valence-electron chi connectivity index (χ0n) is 5.06. The van der Waals surface area contributed by atoms with E-state index in [-0.39, 0.29) is 5.91 Å². The second-order valence-corrected chi connectivity index (χ2v) is 1.48. The van der Waals surface area contributed by atoms with Crippen LogP contribution in [0.2, 0.25) is 0 Å². The molecule has 0 aliphatic heterocycles. The van der Waals surface area contributed by atoms with Crippen LogP contribution in [0, 0.1) is 0 Å². The lowest BCUT2D eigenvalue weighted by molar-refractivity contribution is -0.114. The van der Waals surface area contributed by atoms with Crippen LogP contribution >= 0.6 is 0 Å². The third-order valence-electron chi connectivity index (χ3n) is 0.750. The van der Waals surface area contributed by atoms with Crippen molar-refractivity contribution in [2.75, 3.05) is 7.05 Å². The Morgan fingerprint density at radius 2 is 2.25 bits per heavy atom. The average molecular weight is 114 g/mol. The van der Waals surface area contributed by atoms with Crippen LogP contribution in [0.4, 0.5) is 0 Å². The van der Waals surface area contributed by atoms with Crippen molar-refractivity contribution in [1.82, 2.24) is 5.32 Å². The van der Waals surface area contributed by atoms with E-state index in [1.165, 1.54) is 0 Å². The first-order valence-corrected chi connectivity index (χ1v) is 2.32. The third kappa shape index (κ3) is 2.23. The number of amides is 1. The largest absolute Gasteiger partial charge is 0.394 e. The number of hydrogen-bond donors (Lipinski definition) is 2. The van der Waals surface area contributed by atoms with Gasteiger partial charge in [-0.25, -0.2) is 0 Å². The normalized spacial score (nSPS) is 11.0. The number of nitrogens with one attached hydrogen (secondary N) is 1. The van der Waals surface area contributed by atoms with Gasteiger partial charge in [0, 0.05) is 18.8 Å². The Bertz CT molecular complexity index is 118. The zero-order chi connectivity index (χ0) is 6.57. The summed E-state index contributed by atoms with van der Waals surface area (Å²) in [4.78, 5) is 10.2. The highest BCUT2D eigenvalue weighted by Crippen LogP contribution is 1.83. The molecule has 3 N–H and O–H groups in total. The molecule has 0 fully saturated rings. The summed E-state index contributed by atoms with van der Waals surface area (Å²) >= 11 is 0. The van der Waals surface area contributed by atoms with Gasteiger partial charge in [0.15, 0.2) is 0 Å². The molecule has 1 amide bonds. The highest BCUT2D eigenvalue weighted by atomic mass is 16.1. The van der Waals surface area contributed by atoms with Crippen molar-refractivity contribution in [3.63, 3.8) is 0 Å². The SMILES string of the molecule is CN/C=C(/C)C(N)=O. The lowest BCUT2D eigenvalue weighted by Crippen LogP contribution is -2.13. The Kier molecular flexibility index (Phi) is 2.69. The van der Waals surface area contributed by atoms with Crippen LogP contribution in [-0.4, -0.2) is 13.0 Å². The van der Waals surface area contributed by atoms with Crippen molar-refractivity contribution in [3.8, 4) is 0 Å². The first-order valence-electron chi connectivity index (χ1n) is 2.32. The zero-order valence-corrected chi connectivity index (χ0v) is 5.06. The van der Waals surface area contributed by atoms with Gasteiger partial charge in [-0.1, -0.05) is 0 Å². The van der Waals surface area contributed by atoms with Gasteiger partial charge in [0.1, 0.15) is 0 Å². The minimum Gasteiger partial charge on any atom is -0.394 e. The van der Waals surface area contributed by atoms with Crippen LogP contribution in [0.1, 0.15) is 6.92 Å². The van der Waals surface area contributed by atoms with Gasteiger partial charge >= 0.3 is 0 Å². The van der Waals surface area contributed by atoms with Gasteiger partial charge in [0.2, 0.25) is 5.91 Å². The molecule has 0 radical (unpaired) electrons. The molecular formula is C5H10N2O. The predicted molar refractivity (Wildman–Crippen MR) is 32.0 cm³/mol. The van der Waals surface area contributed by atoms with Crippen molar-refractivity contribution >= 4 is 5.91 Å². The first-order chi connectivity index (χ1) is 3.68. The fraction of sp³-hybridized carbons (Fsp3) is 0.400. The van der Waals surface area contributed by atoms with E-state index in [2.05, 4.69) is 5.32 Å². The Morgan fingerprint density at radius 3 is 2.38 bits per heavy atom. The maximum Gasteiger partial charge on any atom is 0.245 e. The molecule has 0 rings (SSSR count). The van der Waals surface area contributed by atoms with Gasteiger partial charge in [0.25, 0.3) is 0 Å². The van der Waals surface area contributed by atoms with E-state index in [1.807, 2.05) is 0 Å². The topological polar surface area (TPSA) is 55.1 Å². The third-order valence-corrected chi connectivity index (χ3v) is 0.750. The molecule has 0 bridgehead atoms. The monoisotopic (exact) mass is 114 g/mol. The standard InChI is InChI=1S/C5H10N2O/c1-4(3-7-2)5(6)8/h3,7H,1-2H3,(H2,6,8)/b4-3-. The van der Waals surface area contributed by atoms with Gasteiger partial charge < -0.3 is 11.1 Å². The molecule has 0 saturated carbocycles. The predicted octanol–water partition coefficient (Wildman–Crippen LogP) is -0.405. The summed E-state index contributed by atoms with van der Waals surface area (Å²) in [5, 5.41) is 2.69. The van der Waals surface area contributed by atoms with E-state index in [0.29, 0.717) is 5.57 Å². The second-order valence-electron chi connectivity index (χ2n) is 1.48. The Morgan fingerprint density at radius 1 is 1.75 bits per heavy atom. The fourth-order valence-corrected chi connectivity index (χ4v) is 0.288. The minimum atomic E-state index is -0.389. The molecular weight excluding hydrogens is 104 g/mol. The smallest absolute Gasteiger partial charge is 0.245 e. The molecule has 0 aliphatic carbocycles. The molecule has 0 saturated heterocycles. The molecule has 0 spiro atoms. The fourth-order valence-electron chi connectivity index (χ4n) is 0.288. The molecule has 0 unspecified atom stereocenters. The number of primary amides is 1. The molecule has 3 heteroatoms. The van der Waals surface area contributed by atoms with Crippen LogP contribution in [-0.2, 0) is 4.79 Å². The van der Waals surface area contributed by atoms with Crippen molar-refractivity contribution in [1.29, 1.82) is 0 Å². The summed E-state index contributed by atoms with van der Waals surface area (Å²) < 4.78 is 0. The summed E-state index contributed by atoms with van der Waals surface area (Å²) in [6.07, 6.45) is 1.56. The molecule has 3 nitrogen and oxygen atoms in total. The van der Waals surface area contributed by atoms with E-state index < -0.39 is 0 Å². The first kappa shape index (κ1) is 7.01.